The summed E-state index contributed by atoms with van der Waals surface area (Å²) in [6.45, 7) is 3.95. The van der Waals surface area contributed by atoms with E-state index in [1.807, 2.05) is 13.8 Å². The fraction of sp³-hybridized carbons (Fsp3) is 0.444. The summed E-state index contributed by atoms with van der Waals surface area (Å²) in [4.78, 5) is 4.27. The van der Waals surface area contributed by atoms with Crippen LogP contribution in [0, 0.1) is 0 Å². The van der Waals surface area contributed by atoms with E-state index >= 15 is 0 Å². The Morgan fingerprint density at radius 1 is 1.56 bits per heavy atom. The van der Waals surface area contributed by atoms with E-state index < -0.39 is 10.0 Å². The lowest BCUT2D eigenvalue weighted by atomic mass is 10.4. The van der Waals surface area contributed by atoms with Crippen molar-refractivity contribution in [2.24, 2.45) is 0 Å². The van der Waals surface area contributed by atoms with E-state index in [9.17, 15) is 8.42 Å². The molecule has 1 N–H and O–H groups in total. The highest BCUT2D eigenvalue weighted by Gasteiger charge is 2.33. The molecular weight excluding hydrogens is 294 g/mol. The van der Waals surface area contributed by atoms with E-state index in [1.165, 1.54) is 4.31 Å². The van der Waals surface area contributed by atoms with Gasteiger partial charge in [-0.1, -0.05) is 0 Å². The summed E-state index contributed by atoms with van der Waals surface area (Å²) in [7, 11) is -3.43. The van der Waals surface area contributed by atoms with Crippen LogP contribution in [0.5, 0.6) is 0 Å². The molecule has 1 aromatic heterocycles. The Kier molecular flexibility index (Phi) is 2.93. The molecule has 2 rings (SSSR count). The summed E-state index contributed by atoms with van der Waals surface area (Å²) >= 11 is 3.23. The van der Waals surface area contributed by atoms with Crippen LogP contribution < -0.4 is 5.32 Å². The number of halogens is 1. The van der Waals surface area contributed by atoms with Gasteiger partial charge in [0.2, 0.25) is 10.0 Å². The fourth-order valence-corrected chi connectivity index (χ4v) is 3.74. The van der Waals surface area contributed by atoms with Gasteiger partial charge in [0.25, 0.3) is 0 Å². The van der Waals surface area contributed by atoms with Crippen LogP contribution in [0.1, 0.15) is 13.8 Å². The van der Waals surface area contributed by atoms with Crippen LogP contribution in [0.3, 0.4) is 0 Å². The van der Waals surface area contributed by atoms with Crippen molar-refractivity contribution in [1.29, 1.82) is 0 Å². The summed E-state index contributed by atoms with van der Waals surface area (Å²) < 4.78 is 26.5. The first-order valence-corrected chi connectivity index (χ1v) is 7.07. The van der Waals surface area contributed by atoms with Gasteiger partial charge in [0.1, 0.15) is 10.7 Å². The van der Waals surface area contributed by atoms with E-state index in [0.717, 1.165) is 0 Å². The van der Waals surface area contributed by atoms with Crippen LogP contribution in [-0.2, 0) is 10.0 Å². The van der Waals surface area contributed by atoms with Crippen molar-refractivity contribution in [2.45, 2.75) is 24.8 Å². The van der Waals surface area contributed by atoms with Crippen molar-refractivity contribution in [3.63, 3.8) is 0 Å². The zero-order valence-corrected chi connectivity index (χ0v) is 11.3. The van der Waals surface area contributed by atoms with Gasteiger partial charge >= 0.3 is 0 Å². The number of hydrogen-bond acceptors (Lipinski definition) is 4. The number of anilines is 1. The Morgan fingerprint density at radius 3 is 2.88 bits per heavy atom. The smallest absolute Gasteiger partial charge is 0.248 e. The predicted octanol–water partition coefficient (Wildman–Crippen LogP) is 1.63. The van der Waals surface area contributed by atoms with E-state index in [4.69, 9.17) is 0 Å². The highest BCUT2D eigenvalue weighted by Crippen LogP contribution is 2.30. The minimum Gasteiger partial charge on any atom is -0.355 e. The Hall–Kier alpha value is -0.660. The molecule has 1 aliphatic heterocycles. The lowest BCUT2D eigenvalue weighted by Gasteiger charge is -2.31. The third kappa shape index (κ3) is 1.83. The lowest BCUT2D eigenvalue weighted by Crippen LogP contribution is -2.44. The van der Waals surface area contributed by atoms with Gasteiger partial charge < -0.3 is 5.32 Å². The summed E-state index contributed by atoms with van der Waals surface area (Å²) in [5.41, 5.74) is 0. The standard InChI is InChI=1S/C9H12BrN3O2S/c1-6(2)13-5-12-9-8(16(13,14)15)3-7(10)4-11-9/h3-4,6H,5H2,1-2H3,(H,11,12). The highest BCUT2D eigenvalue weighted by molar-refractivity contribution is 9.10. The second-order valence-corrected chi connectivity index (χ2v) is 6.60. The van der Waals surface area contributed by atoms with Crippen molar-refractivity contribution in [1.82, 2.24) is 9.29 Å². The van der Waals surface area contributed by atoms with Gasteiger partial charge in [-0.25, -0.2) is 13.4 Å². The van der Waals surface area contributed by atoms with Crippen molar-refractivity contribution in [3.05, 3.63) is 16.7 Å². The molecular formula is C9H12BrN3O2S. The van der Waals surface area contributed by atoms with E-state index in [2.05, 4.69) is 26.2 Å². The zero-order chi connectivity index (χ0) is 11.9. The van der Waals surface area contributed by atoms with Gasteiger partial charge in [0.05, 0.1) is 6.67 Å². The van der Waals surface area contributed by atoms with Crippen LogP contribution >= 0.6 is 15.9 Å². The number of pyridine rings is 1. The number of nitrogens with one attached hydrogen (secondary N) is 1. The van der Waals surface area contributed by atoms with Crippen LogP contribution in [0.25, 0.3) is 0 Å². The molecule has 7 heteroatoms. The first kappa shape index (κ1) is 11.8. The molecule has 2 heterocycles. The molecule has 0 saturated heterocycles. The number of hydrogen-bond donors (Lipinski definition) is 1. The first-order chi connectivity index (χ1) is 7.43. The number of aromatic nitrogens is 1. The van der Waals surface area contributed by atoms with Crippen LogP contribution in [0.4, 0.5) is 5.82 Å². The van der Waals surface area contributed by atoms with Crippen LogP contribution in [-0.4, -0.2) is 30.4 Å². The summed E-state index contributed by atoms with van der Waals surface area (Å²) in [6, 6.07) is 1.49. The SMILES string of the molecule is CC(C)N1CNc2ncc(Br)cc2S1(=O)=O. The molecule has 0 unspecified atom stereocenters. The molecule has 0 bridgehead atoms. The highest BCUT2D eigenvalue weighted by atomic mass is 79.9. The molecule has 0 saturated carbocycles. The Labute approximate surface area is 103 Å². The third-order valence-electron chi connectivity index (χ3n) is 2.38. The minimum atomic E-state index is -3.43. The van der Waals surface area contributed by atoms with Gasteiger partial charge in [0, 0.05) is 16.7 Å². The van der Waals surface area contributed by atoms with Gasteiger partial charge in [-0.2, -0.15) is 4.31 Å². The summed E-state index contributed by atoms with van der Waals surface area (Å²) in [5, 5.41) is 2.99. The molecule has 0 aromatic carbocycles. The summed E-state index contributed by atoms with van der Waals surface area (Å²) in [5.74, 6) is 0.417. The average Bonchev–Trinajstić information content (AvgIpc) is 2.18. The Balaban J connectivity index is 2.58. The molecule has 1 aliphatic rings. The fourth-order valence-electron chi connectivity index (χ4n) is 1.57. The molecule has 1 aromatic rings. The molecule has 16 heavy (non-hydrogen) atoms. The minimum absolute atomic E-state index is 0.0790. The molecule has 0 spiro atoms. The van der Waals surface area contributed by atoms with Crippen molar-refractivity contribution < 1.29 is 8.42 Å². The average molecular weight is 306 g/mol. The topological polar surface area (TPSA) is 62.3 Å². The number of sulfonamides is 1. The second kappa shape index (κ2) is 3.97. The molecule has 88 valence electrons. The van der Waals surface area contributed by atoms with Gasteiger partial charge in [-0.15, -0.1) is 0 Å². The van der Waals surface area contributed by atoms with Gasteiger partial charge in [-0.05, 0) is 35.8 Å². The molecule has 0 aliphatic carbocycles. The van der Waals surface area contributed by atoms with Crippen molar-refractivity contribution in [3.8, 4) is 0 Å². The molecule has 0 atom stereocenters. The predicted molar refractivity (Wildman–Crippen MR) is 64.6 cm³/mol. The Morgan fingerprint density at radius 2 is 2.25 bits per heavy atom. The second-order valence-electron chi connectivity index (χ2n) is 3.82. The van der Waals surface area contributed by atoms with Crippen molar-refractivity contribution >= 4 is 31.8 Å². The third-order valence-corrected chi connectivity index (χ3v) is 4.85. The lowest BCUT2D eigenvalue weighted by molar-refractivity contribution is 0.366. The maximum absolute atomic E-state index is 12.2. The van der Waals surface area contributed by atoms with Crippen molar-refractivity contribution in [2.75, 3.05) is 12.0 Å². The normalized spacial score (nSPS) is 19.2. The molecule has 5 nitrogen and oxygen atoms in total. The monoisotopic (exact) mass is 305 g/mol. The van der Waals surface area contributed by atoms with Gasteiger partial charge in [-0.3, -0.25) is 0 Å². The van der Waals surface area contributed by atoms with Crippen LogP contribution in [0.2, 0.25) is 0 Å². The van der Waals surface area contributed by atoms with E-state index in [0.29, 0.717) is 10.3 Å². The number of nitrogens with zero attached hydrogens (tertiary/aromatic N) is 2. The van der Waals surface area contributed by atoms with E-state index in [1.54, 1.807) is 12.3 Å². The molecule has 0 amide bonds. The number of rotatable bonds is 1. The largest absolute Gasteiger partial charge is 0.355 e. The number of fused-ring (bicyclic) bond motifs is 1. The molecule has 0 radical (unpaired) electrons. The van der Waals surface area contributed by atoms with Gasteiger partial charge in [0.15, 0.2) is 0 Å². The summed E-state index contributed by atoms with van der Waals surface area (Å²) in [6.07, 6.45) is 1.58. The maximum atomic E-state index is 12.2. The first-order valence-electron chi connectivity index (χ1n) is 4.84. The quantitative estimate of drug-likeness (QED) is 0.856. The van der Waals surface area contributed by atoms with E-state index in [-0.39, 0.29) is 17.6 Å². The molecule has 0 fully saturated rings. The Bertz CT molecular complexity index is 515. The maximum Gasteiger partial charge on any atom is 0.248 e. The zero-order valence-electron chi connectivity index (χ0n) is 8.94. The van der Waals surface area contributed by atoms with Crippen LogP contribution in [0.15, 0.2) is 21.6 Å².